The van der Waals surface area contributed by atoms with Crippen LogP contribution >= 0.6 is 15.9 Å². The van der Waals surface area contributed by atoms with Crippen LogP contribution in [-0.2, 0) is 6.42 Å². The third-order valence-corrected chi connectivity index (χ3v) is 3.06. The lowest BCUT2D eigenvalue weighted by atomic mass is 10.0. The SMILES string of the molecule is Cc1[nH]nc(CCN)c1-c1ccc(Br)cc1. The molecule has 3 N–H and O–H groups in total. The second-order valence-corrected chi connectivity index (χ2v) is 4.63. The predicted molar refractivity (Wildman–Crippen MR) is 69.2 cm³/mol. The van der Waals surface area contributed by atoms with Gasteiger partial charge in [0.15, 0.2) is 0 Å². The van der Waals surface area contributed by atoms with Gasteiger partial charge in [-0.15, -0.1) is 0 Å². The fourth-order valence-corrected chi connectivity index (χ4v) is 2.06. The summed E-state index contributed by atoms with van der Waals surface area (Å²) in [5.74, 6) is 0. The first-order valence-electron chi connectivity index (χ1n) is 5.22. The molecule has 0 amide bonds. The fourth-order valence-electron chi connectivity index (χ4n) is 1.80. The van der Waals surface area contributed by atoms with Gasteiger partial charge in [0.2, 0.25) is 0 Å². The summed E-state index contributed by atoms with van der Waals surface area (Å²) < 4.78 is 1.08. The van der Waals surface area contributed by atoms with Gasteiger partial charge in [0.05, 0.1) is 5.69 Å². The Morgan fingerprint density at radius 3 is 2.62 bits per heavy atom. The lowest BCUT2D eigenvalue weighted by molar-refractivity contribution is 0.899. The monoisotopic (exact) mass is 279 g/mol. The van der Waals surface area contributed by atoms with Crippen LogP contribution in [0.5, 0.6) is 0 Å². The molecule has 84 valence electrons. The molecule has 1 aromatic carbocycles. The summed E-state index contributed by atoms with van der Waals surface area (Å²) in [4.78, 5) is 0. The molecule has 0 aliphatic carbocycles. The van der Waals surface area contributed by atoms with Crippen LogP contribution in [0.2, 0.25) is 0 Å². The first kappa shape index (κ1) is 11.4. The van der Waals surface area contributed by atoms with Crippen LogP contribution in [0, 0.1) is 6.92 Å². The van der Waals surface area contributed by atoms with E-state index in [2.05, 4.69) is 38.3 Å². The molecule has 0 unspecified atom stereocenters. The molecule has 0 atom stereocenters. The van der Waals surface area contributed by atoms with Crippen molar-refractivity contribution >= 4 is 15.9 Å². The van der Waals surface area contributed by atoms with Crippen LogP contribution in [-0.4, -0.2) is 16.7 Å². The number of aryl methyl sites for hydroxylation is 1. The van der Waals surface area contributed by atoms with Crippen molar-refractivity contribution in [3.63, 3.8) is 0 Å². The van der Waals surface area contributed by atoms with E-state index in [0.717, 1.165) is 22.3 Å². The number of hydrogen-bond acceptors (Lipinski definition) is 2. The molecule has 2 rings (SSSR count). The first-order valence-corrected chi connectivity index (χ1v) is 6.01. The number of nitrogens with one attached hydrogen (secondary N) is 1. The van der Waals surface area contributed by atoms with E-state index in [1.807, 2.05) is 19.1 Å². The van der Waals surface area contributed by atoms with E-state index in [4.69, 9.17) is 5.73 Å². The number of benzene rings is 1. The lowest BCUT2D eigenvalue weighted by Gasteiger charge is -2.03. The van der Waals surface area contributed by atoms with Crippen LogP contribution in [0.4, 0.5) is 0 Å². The second kappa shape index (κ2) is 4.80. The van der Waals surface area contributed by atoms with Gasteiger partial charge in [-0.25, -0.2) is 0 Å². The topological polar surface area (TPSA) is 54.7 Å². The number of rotatable bonds is 3. The molecule has 1 heterocycles. The second-order valence-electron chi connectivity index (χ2n) is 3.72. The number of aromatic nitrogens is 2. The van der Waals surface area contributed by atoms with Crippen molar-refractivity contribution in [2.45, 2.75) is 13.3 Å². The van der Waals surface area contributed by atoms with E-state index in [9.17, 15) is 0 Å². The highest BCUT2D eigenvalue weighted by molar-refractivity contribution is 9.10. The molecule has 1 aromatic heterocycles. The van der Waals surface area contributed by atoms with Crippen molar-refractivity contribution in [2.75, 3.05) is 6.54 Å². The van der Waals surface area contributed by atoms with Crippen molar-refractivity contribution in [3.05, 3.63) is 40.1 Å². The highest BCUT2D eigenvalue weighted by Crippen LogP contribution is 2.27. The van der Waals surface area contributed by atoms with Gasteiger partial charge in [-0.3, -0.25) is 5.10 Å². The molecule has 0 aliphatic heterocycles. The first-order chi connectivity index (χ1) is 7.72. The van der Waals surface area contributed by atoms with Gasteiger partial charge in [0.25, 0.3) is 0 Å². The molecule has 0 saturated heterocycles. The average molecular weight is 280 g/mol. The van der Waals surface area contributed by atoms with Gasteiger partial charge in [-0.1, -0.05) is 28.1 Å². The largest absolute Gasteiger partial charge is 0.330 e. The predicted octanol–water partition coefficient (Wildman–Crippen LogP) is 2.65. The van der Waals surface area contributed by atoms with Crippen LogP contribution in [0.3, 0.4) is 0 Å². The number of halogens is 1. The molecule has 0 aliphatic rings. The molecule has 3 nitrogen and oxygen atoms in total. The van der Waals surface area contributed by atoms with Gasteiger partial charge in [-0.2, -0.15) is 5.10 Å². The van der Waals surface area contributed by atoms with E-state index in [1.165, 1.54) is 11.1 Å². The minimum Gasteiger partial charge on any atom is -0.330 e. The van der Waals surface area contributed by atoms with Crippen molar-refractivity contribution in [1.82, 2.24) is 10.2 Å². The minimum atomic E-state index is 0.619. The molecule has 0 fully saturated rings. The Labute approximate surface area is 103 Å². The molecule has 4 heteroatoms. The Hall–Kier alpha value is -1.13. The highest BCUT2D eigenvalue weighted by atomic mass is 79.9. The average Bonchev–Trinajstić information content (AvgIpc) is 2.62. The van der Waals surface area contributed by atoms with Crippen LogP contribution in [0.25, 0.3) is 11.1 Å². The molecule has 0 radical (unpaired) electrons. The third-order valence-electron chi connectivity index (χ3n) is 2.54. The van der Waals surface area contributed by atoms with Crippen molar-refractivity contribution in [3.8, 4) is 11.1 Å². The summed E-state index contributed by atoms with van der Waals surface area (Å²) in [5.41, 5.74) is 10.1. The summed E-state index contributed by atoms with van der Waals surface area (Å²) in [6, 6.07) is 8.24. The Morgan fingerprint density at radius 1 is 1.31 bits per heavy atom. The van der Waals surface area contributed by atoms with E-state index >= 15 is 0 Å². The number of nitrogens with zero attached hydrogens (tertiary/aromatic N) is 1. The van der Waals surface area contributed by atoms with Crippen LogP contribution in [0.15, 0.2) is 28.7 Å². The third kappa shape index (κ3) is 2.18. The Bertz CT molecular complexity index is 474. The smallest absolute Gasteiger partial charge is 0.0715 e. The Morgan fingerprint density at radius 2 is 2.00 bits per heavy atom. The molecule has 16 heavy (non-hydrogen) atoms. The van der Waals surface area contributed by atoms with E-state index in [-0.39, 0.29) is 0 Å². The number of nitrogens with two attached hydrogens (primary N) is 1. The Kier molecular flexibility index (Phi) is 3.41. The number of hydrogen-bond donors (Lipinski definition) is 2. The van der Waals surface area contributed by atoms with E-state index in [1.54, 1.807) is 0 Å². The zero-order valence-corrected chi connectivity index (χ0v) is 10.7. The van der Waals surface area contributed by atoms with Crippen molar-refractivity contribution in [1.29, 1.82) is 0 Å². The highest BCUT2D eigenvalue weighted by Gasteiger charge is 2.11. The number of H-pyrrole nitrogens is 1. The summed E-state index contributed by atoms with van der Waals surface area (Å²) in [6.45, 7) is 2.65. The van der Waals surface area contributed by atoms with Gasteiger partial charge < -0.3 is 5.73 Å². The van der Waals surface area contributed by atoms with Crippen LogP contribution < -0.4 is 5.73 Å². The standard InChI is InChI=1S/C12H14BrN3/c1-8-12(11(6-7-14)16-15-8)9-2-4-10(13)5-3-9/h2-5H,6-7,14H2,1H3,(H,15,16). The lowest BCUT2D eigenvalue weighted by Crippen LogP contribution is -2.04. The molecule has 0 saturated carbocycles. The molecule has 0 bridgehead atoms. The summed E-state index contributed by atoms with van der Waals surface area (Å²) in [7, 11) is 0. The number of aromatic amines is 1. The Balaban J connectivity index is 2.45. The molecular formula is C12H14BrN3. The maximum Gasteiger partial charge on any atom is 0.0715 e. The maximum absolute atomic E-state index is 5.58. The zero-order valence-electron chi connectivity index (χ0n) is 9.13. The van der Waals surface area contributed by atoms with Gasteiger partial charge in [0, 0.05) is 22.2 Å². The van der Waals surface area contributed by atoms with Gasteiger partial charge in [-0.05, 0) is 31.2 Å². The van der Waals surface area contributed by atoms with Gasteiger partial charge >= 0.3 is 0 Å². The summed E-state index contributed by atoms with van der Waals surface area (Å²) in [6.07, 6.45) is 0.801. The minimum absolute atomic E-state index is 0.619. The molecule has 0 spiro atoms. The van der Waals surface area contributed by atoms with Crippen LogP contribution in [0.1, 0.15) is 11.4 Å². The van der Waals surface area contributed by atoms with E-state index < -0.39 is 0 Å². The van der Waals surface area contributed by atoms with E-state index in [0.29, 0.717) is 6.54 Å². The molecule has 2 aromatic rings. The summed E-state index contributed by atoms with van der Waals surface area (Å²) in [5, 5.41) is 7.31. The quantitative estimate of drug-likeness (QED) is 0.908. The maximum atomic E-state index is 5.58. The van der Waals surface area contributed by atoms with Crippen molar-refractivity contribution in [2.24, 2.45) is 5.73 Å². The van der Waals surface area contributed by atoms with Gasteiger partial charge in [0.1, 0.15) is 0 Å². The van der Waals surface area contributed by atoms with Crippen molar-refractivity contribution < 1.29 is 0 Å². The molecular weight excluding hydrogens is 266 g/mol. The normalized spacial score (nSPS) is 10.7. The fraction of sp³-hybridized carbons (Fsp3) is 0.250. The summed E-state index contributed by atoms with van der Waals surface area (Å²) >= 11 is 3.43. The zero-order chi connectivity index (χ0) is 11.5.